The van der Waals surface area contributed by atoms with Gasteiger partial charge in [0.25, 0.3) is 5.91 Å². The van der Waals surface area contributed by atoms with Gasteiger partial charge in [0.15, 0.2) is 0 Å². The fourth-order valence-electron chi connectivity index (χ4n) is 2.54. The summed E-state index contributed by atoms with van der Waals surface area (Å²) < 4.78 is 0.944. The Morgan fingerprint density at radius 2 is 1.82 bits per heavy atom. The minimum absolute atomic E-state index is 0.0925. The average Bonchev–Trinajstić information content (AvgIpc) is 2.86. The lowest BCUT2D eigenvalue weighted by molar-refractivity contribution is 0.0747. The lowest BCUT2D eigenvalue weighted by Gasteiger charge is -2.36. The Labute approximate surface area is 142 Å². The van der Waals surface area contributed by atoms with Crippen molar-refractivity contribution in [3.63, 3.8) is 0 Å². The summed E-state index contributed by atoms with van der Waals surface area (Å²) in [6.07, 6.45) is 0. The van der Waals surface area contributed by atoms with Crippen molar-refractivity contribution >= 4 is 46.1 Å². The smallest absolute Gasteiger partial charge is 0.256 e. The van der Waals surface area contributed by atoms with Crippen LogP contribution in [-0.4, -0.2) is 42.1 Å². The molecule has 1 N–H and O–H groups in total. The van der Waals surface area contributed by atoms with Crippen LogP contribution in [0.3, 0.4) is 0 Å². The number of thiophene rings is 1. The first-order valence-corrected chi connectivity index (χ1v) is 8.40. The predicted molar refractivity (Wildman–Crippen MR) is 90.6 cm³/mol. The molecule has 22 heavy (non-hydrogen) atoms. The molecule has 1 amide bonds. The summed E-state index contributed by atoms with van der Waals surface area (Å²) in [7, 11) is 0. The van der Waals surface area contributed by atoms with Crippen LogP contribution >= 0.6 is 34.5 Å². The highest BCUT2D eigenvalue weighted by atomic mass is 35.5. The molecule has 3 rings (SSSR count). The van der Waals surface area contributed by atoms with Crippen molar-refractivity contribution in [2.45, 2.75) is 0 Å². The maximum atomic E-state index is 12.5. The third-order valence-corrected chi connectivity index (χ3v) is 5.16. The van der Waals surface area contributed by atoms with E-state index >= 15 is 0 Å². The highest BCUT2D eigenvalue weighted by molar-refractivity contribution is 7.20. The van der Waals surface area contributed by atoms with Crippen LogP contribution < -0.4 is 4.90 Å². The molecule has 0 atom stereocenters. The van der Waals surface area contributed by atoms with E-state index in [4.69, 9.17) is 23.2 Å². The molecule has 1 saturated heterocycles. The first kappa shape index (κ1) is 15.5. The number of amides is 1. The van der Waals surface area contributed by atoms with Crippen LogP contribution in [0.1, 0.15) is 10.4 Å². The monoisotopic (exact) mass is 356 g/mol. The third kappa shape index (κ3) is 3.02. The molecule has 0 spiro atoms. The second-order valence-corrected chi connectivity index (χ2v) is 7.29. The molecule has 0 saturated carbocycles. The van der Waals surface area contributed by atoms with E-state index in [-0.39, 0.29) is 11.7 Å². The zero-order valence-electron chi connectivity index (χ0n) is 11.6. The first-order valence-electron chi connectivity index (χ1n) is 6.83. The Morgan fingerprint density at radius 3 is 2.41 bits per heavy atom. The topological polar surface area (TPSA) is 43.8 Å². The molecule has 0 bridgehead atoms. The van der Waals surface area contributed by atoms with Gasteiger partial charge in [0.2, 0.25) is 0 Å². The van der Waals surface area contributed by atoms with Gasteiger partial charge in [0, 0.05) is 26.2 Å². The van der Waals surface area contributed by atoms with Crippen molar-refractivity contribution in [2.24, 2.45) is 0 Å². The van der Waals surface area contributed by atoms with E-state index < -0.39 is 0 Å². The number of nitrogens with zero attached hydrogens (tertiary/aromatic N) is 2. The Kier molecular flexibility index (Phi) is 4.47. The zero-order chi connectivity index (χ0) is 15.7. The van der Waals surface area contributed by atoms with Crippen molar-refractivity contribution in [3.05, 3.63) is 44.6 Å². The molecule has 4 nitrogen and oxygen atoms in total. The minimum atomic E-state index is -0.0925. The predicted octanol–water partition coefficient (Wildman–Crippen LogP) is 3.72. The third-order valence-electron chi connectivity index (χ3n) is 3.68. The van der Waals surface area contributed by atoms with E-state index in [9.17, 15) is 9.90 Å². The number of phenols is 1. The van der Waals surface area contributed by atoms with Gasteiger partial charge in [-0.25, -0.2) is 0 Å². The summed E-state index contributed by atoms with van der Waals surface area (Å²) in [4.78, 5) is 16.3. The van der Waals surface area contributed by atoms with Crippen molar-refractivity contribution in [3.8, 4) is 5.75 Å². The Morgan fingerprint density at radius 1 is 1.14 bits per heavy atom. The fourth-order valence-corrected chi connectivity index (χ4v) is 3.99. The molecule has 1 aromatic carbocycles. The van der Waals surface area contributed by atoms with Gasteiger partial charge in [-0.05, 0) is 18.2 Å². The van der Waals surface area contributed by atoms with Crippen molar-refractivity contribution in [2.75, 3.05) is 31.1 Å². The first-order chi connectivity index (χ1) is 10.6. The number of hydrogen-bond donors (Lipinski definition) is 1. The highest BCUT2D eigenvalue weighted by Gasteiger charge is 2.25. The van der Waals surface area contributed by atoms with E-state index in [1.807, 2.05) is 12.1 Å². The van der Waals surface area contributed by atoms with Gasteiger partial charge in [0.05, 0.1) is 15.6 Å². The SMILES string of the molecule is O=C(c1cc(Cl)sc1Cl)N1CCN(c2ccccc2O)CC1. The molecule has 2 heterocycles. The molecule has 2 aromatic rings. The molecule has 1 aliphatic heterocycles. The standard InChI is InChI=1S/C15H14Cl2N2O2S/c16-13-9-10(14(17)22-13)15(21)19-7-5-18(6-8-19)11-3-1-2-4-12(11)20/h1-4,9,20H,5-8H2. The van der Waals surface area contributed by atoms with Gasteiger partial charge >= 0.3 is 0 Å². The summed E-state index contributed by atoms with van der Waals surface area (Å²) in [5.41, 5.74) is 1.26. The largest absolute Gasteiger partial charge is 0.506 e. The number of carbonyl (C=O) groups is 1. The van der Waals surface area contributed by atoms with Crippen LogP contribution in [0.25, 0.3) is 0 Å². The molecular formula is C15H14Cl2N2O2S. The van der Waals surface area contributed by atoms with E-state index in [2.05, 4.69) is 4.90 Å². The van der Waals surface area contributed by atoms with E-state index in [1.165, 1.54) is 11.3 Å². The van der Waals surface area contributed by atoms with E-state index in [0.717, 1.165) is 5.69 Å². The summed E-state index contributed by atoms with van der Waals surface area (Å²) in [5.74, 6) is 0.167. The minimum Gasteiger partial charge on any atom is -0.506 e. The molecule has 1 fully saturated rings. The Hall–Kier alpha value is -1.43. The van der Waals surface area contributed by atoms with Crippen molar-refractivity contribution in [1.29, 1.82) is 0 Å². The molecule has 0 aliphatic carbocycles. The summed E-state index contributed by atoms with van der Waals surface area (Å²) in [6, 6.07) is 8.84. The number of aromatic hydroxyl groups is 1. The number of rotatable bonds is 2. The highest BCUT2D eigenvalue weighted by Crippen LogP contribution is 2.32. The second-order valence-electron chi connectivity index (χ2n) is 5.01. The number of hydrogen-bond acceptors (Lipinski definition) is 4. The number of para-hydroxylation sites is 2. The van der Waals surface area contributed by atoms with Crippen LogP contribution in [0, 0.1) is 0 Å². The van der Waals surface area contributed by atoms with E-state index in [1.54, 1.807) is 23.1 Å². The molecule has 7 heteroatoms. The van der Waals surface area contributed by atoms with Gasteiger partial charge in [-0.2, -0.15) is 0 Å². The molecule has 116 valence electrons. The molecule has 0 radical (unpaired) electrons. The lowest BCUT2D eigenvalue weighted by atomic mass is 10.2. The Balaban J connectivity index is 1.68. The molecule has 0 unspecified atom stereocenters. The summed E-state index contributed by atoms with van der Waals surface area (Å²) >= 11 is 13.1. The maximum absolute atomic E-state index is 12.5. The molecular weight excluding hydrogens is 343 g/mol. The van der Waals surface area contributed by atoms with Gasteiger partial charge in [-0.3, -0.25) is 4.79 Å². The number of anilines is 1. The van der Waals surface area contributed by atoms with E-state index in [0.29, 0.717) is 40.4 Å². The van der Waals surface area contributed by atoms with Gasteiger partial charge in [-0.15, -0.1) is 11.3 Å². The normalized spacial score (nSPS) is 15.2. The van der Waals surface area contributed by atoms with Crippen LogP contribution in [0.5, 0.6) is 5.75 Å². The average molecular weight is 357 g/mol. The van der Waals surface area contributed by atoms with Crippen molar-refractivity contribution < 1.29 is 9.90 Å². The lowest BCUT2D eigenvalue weighted by Crippen LogP contribution is -2.48. The quantitative estimate of drug-likeness (QED) is 0.891. The number of carbonyl (C=O) groups excluding carboxylic acids is 1. The van der Waals surface area contributed by atoms with Crippen LogP contribution in [0.15, 0.2) is 30.3 Å². The Bertz CT molecular complexity index is 697. The zero-order valence-corrected chi connectivity index (χ0v) is 14.0. The number of halogens is 2. The molecule has 1 aliphatic rings. The van der Waals surface area contributed by atoms with Gasteiger partial charge in [-0.1, -0.05) is 35.3 Å². The number of phenolic OH excluding ortho intramolecular Hbond substituents is 1. The second kappa shape index (κ2) is 6.36. The van der Waals surface area contributed by atoms with Crippen LogP contribution in [0.2, 0.25) is 8.67 Å². The van der Waals surface area contributed by atoms with Gasteiger partial charge < -0.3 is 14.9 Å². The van der Waals surface area contributed by atoms with Gasteiger partial charge in [0.1, 0.15) is 10.1 Å². The summed E-state index contributed by atoms with van der Waals surface area (Å²) in [5, 5.41) is 9.90. The van der Waals surface area contributed by atoms with Crippen LogP contribution in [-0.2, 0) is 0 Å². The van der Waals surface area contributed by atoms with Crippen LogP contribution in [0.4, 0.5) is 5.69 Å². The molecule has 1 aromatic heterocycles. The summed E-state index contributed by atoms with van der Waals surface area (Å²) in [6.45, 7) is 2.49. The maximum Gasteiger partial charge on any atom is 0.256 e. The number of piperazine rings is 1. The number of benzene rings is 1. The van der Waals surface area contributed by atoms with Crippen molar-refractivity contribution in [1.82, 2.24) is 4.90 Å². The fraction of sp³-hybridized carbons (Fsp3) is 0.267.